The van der Waals surface area contributed by atoms with E-state index in [-0.39, 0.29) is 0 Å². The first-order valence-corrected chi connectivity index (χ1v) is 21.0. The lowest BCUT2D eigenvalue weighted by atomic mass is 9.96. The molecule has 9 aromatic carbocycles. The predicted molar refractivity (Wildman–Crippen MR) is 256 cm³/mol. The van der Waals surface area contributed by atoms with E-state index in [4.69, 9.17) is 4.98 Å². The third-order valence-corrected chi connectivity index (χ3v) is 13.1. The summed E-state index contributed by atoms with van der Waals surface area (Å²) in [6.45, 7) is 0. The van der Waals surface area contributed by atoms with Crippen molar-refractivity contribution in [3.8, 4) is 33.6 Å². The van der Waals surface area contributed by atoms with Crippen molar-refractivity contribution in [2.75, 3.05) is 0 Å². The quantitative estimate of drug-likeness (QED) is 0.175. The second kappa shape index (κ2) is 12.2. The van der Waals surface area contributed by atoms with Gasteiger partial charge in [-0.05, 0) is 89.5 Å². The standard InChI is InChI=1S/C57H34N4/c1-3-14-35(15-4-1)54-43-20-7-10-23-48(43)58-57-55(54)44-22-13-21-42-47-34-39(28-31-53(47)61(57)56(42)44)60-50-25-12-9-19-41(50)46-33-37(27-30-52(46)60)36-26-29-51-45(32-36)40-18-8-11-24-49(40)59(51)38-16-5-2-6-17-38/h1-34H. The van der Waals surface area contributed by atoms with Crippen molar-refractivity contribution in [2.45, 2.75) is 0 Å². The van der Waals surface area contributed by atoms with Gasteiger partial charge in [0.25, 0.3) is 0 Å². The molecule has 0 radical (unpaired) electrons. The van der Waals surface area contributed by atoms with Crippen LogP contribution in [0.3, 0.4) is 0 Å². The third kappa shape index (κ3) is 4.45. The minimum atomic E-state index is 0.999. The number of nitrogens with zero attached hydrogens (tertiary/aromatic N) is 4. The van der Waals surface area contributed by atoms with Crippen LogP contribution < -0.4 is 0 Å². The second-order valence-electron chi connectivity index (χ2n) is 16.3. The van der Waals surface area contributed by atoms with Gasteiger partial charge < -0.3 is 9.13 Å². The van der Waals surface area contributed by atoms with Crippen LogP contribution in [0.4, 0.5) is 0 Å². The SMILES string of the molecule is c1ccc(-c2c3ccccc3nc3c2c2cccc4c5cc(-n6c7ccccc7c7cc(-c8ccc9c(c8)c8ccccc8n9-c8ccccc8)ccc76)ccc5n3c42)cc1. The fourth-order valence-corrected chi connectivity index (χ4v) is 10.6. The van der Waals surface area contributed by atoms with Crippen molar-refractivity contribution in [1.29, 1.82) is 0 Å². The number of hydrogen-bond acceptors (Lipinski definition) is 1. The maximum Gasteiger partial charge on any atom is 0.146 e. The van der Waals surface area contributed by atoms with Gasteiger partial charge in [0, 0.05) is 65.4 Å². The molecule has 14 rings (SSSR count). The Balaban J connectivity index is 0.966. The average Bonchev–Trinajstić information content (AvgIpc) is 4.05. The first kappa shape index (κ1) is 32.7. The first-order valence-electron chi connectivity index (χ1n) is 21.0. The Kier molecular flexibility index (Phi) is 6.52. The zero-order valence-corrected chi connectivity index (χ0v) is 32.9. The van der Waals surface area contributed by atoms with Crippen molar-refractivity contribution in [3.05, 3.63) is 206 Å². The summed E-state index contributed by atoms with van der Waals surface area (Å²) in [5.74, 6) is 0. The smallest absolute Gasteiger partial charge is 0.146 e. The van der Waals surface area contributed by atoms with Crippen LogP contribution in [0.1, 0.15) is 0 Å². The van der Waals surface area contributed by atoms with Crippen LogP contribution in [0, 0.1) is 0 Å². The lowest BCUT2D eigenvalue weighted by Crippen LogP contribution is -1.94. The normalized spacial score (nSPS) is 12.3. The van der Waals surface area contributed by atoms with Gasteiger partial charge in [0.15, 0.2) is 0 Å². The topological polar surface area (TPSA) is 27.2 Å². The molecule has 0 spiro atoms. The summed E-state index contributed by atoms with van der Waals surface area (Å²) in [5, 5.41) is 11.1. The van der Waals surface area contributed by atoms with Gasteiger partial charge >= 0.3 is 0 Å². The molecule has 0 aliphatic carbocycles. The molecule has 0 bridgehead atoms. The highest BCUT2D eigenvalue weighted by Crippen LogP contribution is 2.45. The fourth-order valence-electron chi connectivity index (χ4n) is 10.6. The first-order chi connectivity index (χ1) is 30.3. The van der Waals surface area contributed by atoms with Gasteiger partial charge in [-0.3, -0.25) is 4.40 Å². The number of para-hydroxylation sites is 5. The summed E-state index contributed by atoms with van der Waals surface area (Å²) in [7, 11) is 0. The largest absolute Gasteiger partial charge is 0.309 e. The fraction of sp³-hybridized carbons (Fsp3) is 0. The Bertz CT molecular complexity index is 4090. The zero-order valence-electron chi connectivity index (χ0n) is 32.9. The van der Waals surface area contributed by atoms with Gasteiger partial charge in [0.1, 0.15) is 5.65 Å². The maximum absolute atomic E-state index is 5.39. The van der Waals surface area contributed by atoms with Gasteiger partial charge in [-0.2, -0.15) is 0 Å². The van der Waals surface area contributed by atoms with Crippen LogP contribution in [0.2, 0.25) is 0 Å². The molecule has 0 aliphatic heterocycles. The molecule has 0 fully saturated rings. The van der Waals surface area contributed by atoms with E-state index in [0.29, 0.717) is 0 Å². The lowest BCUT2D eigenvalue weighted by Gasteiger charge is -2.11. The van der Waals surface area contributed by atoms with Crippen LogP contribution in [-0.2, 0) is 0 Å². The summed E-state index contributed by atoms with van der Waals surface area (Å²) in [6, 6.07) is 75.3. The summed E-state index contributed by atoms with van der Waals surface area (Å²) in [6.07, 6.45) is 0. The third-order valence-electron chi connectivity index (χ3n) is 13.1. The summed E-state index contributed by atoms with van der Waals surface area (Å²) in [4.78, 5) is 5.39. The van der Waals surface area contributed by atoms with E-state index in [9.17, 15) is 0 Å². The van der Waals surface area contributed by atoms with Crippen LogP contribution in [0.5, 0.6) is 0 Å². The molecule has 4 nitrogen and oxygen atoms in total. The molecule has 4 heteroatoms. The molecule has 0 saturated carbocycles. The molecular formula is C57H34N4. The number of rotatable bonds is 4. The van der Waals surface area contributed by atoms with Crippen molar-refractivity contribution in [2.24, 2.45) is 0 Å². The monoisotopic (exact) mass is 774 g/mol. The van der Waals surface area contributed by atoms with Crippen molar-refractivity contribution in [1.82, 2.24) is 18.5 Å². The van der Waals surface area contributed by atoms with E-state index in [0.717, 1.165) is 16.9 Å². The summed E-state index contributed by atoms with van der Waals surface area (Å²) < 4.78 is 7.23. The van der Waals surface area contributed by atoms with Crippen molar-refractivity contribution >= 4 is 92.7 Å². The van der Waals surface area contributed by atoms with E-state index in [2.05, 4.69) is 220 Å². The molecule has 0 unspecified atom stereocenters. The van der Waals surface area contributed by atoms with Crippen LogP contribution in [0.15, 0.2) is 206 Å². The predicted octanol–water partition coefficient (Wildman–Crippen LogP) is 14.9. The Morgan fingerprint density at radius 1 is 0.311 bits per heavy atom. The number of hydrogen-bond donors (Lipinski definition) is 0. The lowest BCUT2D eigenvalue weighted by molar-refractivity contribution is 1.18. The molecule has 5 heterocycles. The van der Waals surface area contributed by atoms with E-state index >= 15 is 0 Å². The van der Waals surface area contributed by atoms with Gasteiger partial charge in [-0.15, -0.1) is 0 Å². The summed E-state index contributed by atoms with van der Waals surface area (Å²) in [5.41, 5.74) is 16.4. The molecule has 0 aliphatic rings. The molecule has 0 N–H and O–H groups in total. The Morgan fingerprint density at radius 2 is 0.836 bits per heavy atom. The molecule has 0 saturated heterocycles. The van der Waals surface area contributed by atoms with Gasteiger partial charge in [0.05, 0.1) is 38.6 Å². The van der Waals surface area contributed by atoms with E-state index in [1.54, 1.807) is 0 Å². The van der Waals surface area contributed by atoms with Crippen molar-refractivity contribution < 1.29 is 0 Å². The molecule has 0 amide bonds. The number of benzene rings is 9. The Hall–Kier alpha value is -8.21. The zero-order chi connectivity index (χ0) is 39.8. The maximum atomic E-state index is 5.39. The van der Waals surface area contributed by atoms with Crippen LogP contribution >= 0.6 is 0 Å². The second-order valence-corrected chi connectivity index (χ2v) is 16.3. The average molecular weight is 775 g/mol. The molecule has 282 valence electrons. The van der Waals surface area contributed by atoms with Gasteiger partial charge in [-0.25, -0.2) is 4.98 Å². The molecule has 5 aromatic heterocycles. The van der Waals surface area contributed by atoms with Gasteiger partial charge in [0.2, 0.25) is 0 Å². The highest BCUT2D eigenvalue weighted by Gasteiger charge is 2.24. The highest BCUT2D eigenvalue weighted by molar-refractivity contribution is 6.28. The van der Waals surface area contributed by atoms with Crippen LogP contribution in [0.25, 0.3) is 126 Å². The molecule has 61 heavy (non-hydrogen) atoms. The van der Waals surface area contributed by atoms with Crippen molar-refractivity contribution in [3.63, 3.8) is 0 Å². The van der Waals surface area contributed by atoms with E-state index < -0.39 is 0 Å². The number of pyridine rings is 1. The molecule has 0 atom stereocenters. The number of aromatic nitrogens is 4. The van der Waals surface area contributed by atoms with E-state index in [1.165, 1.54) is 110 Å². The van der Waals surface area contributed by atoms with Crippen LogP contribution in [-0.4, -0.2) is 18.5 Å². The molecule has 14 aromatic rings. The Labute approximate surface area is 349 Å². The van der Waals surface area contributed by atoms with E-state index in [1.807, 2.05) is 0 Å². The summed E-state index contributed by atoms with van der Waals surface area (Å²) >= 11 is 0. The minimum Gasteiger partial charge on any atom is -0.309 e. The number of fused-ring (bicyclic) bond motifs is 13. The Morgan fingerprint density at radius 3 is 1.54 bits per heavy atom. The minimum absolute atomic E-state index is 0.999. The molecular weight excluding hydrogens is 741 g/mol. The van der Waals surface area contributed by atoms with Gasteiger partial charge in [-0.1, -0.05) is 133 Å². The highest BCUT2D eigenvalue weighted by atomic mass is 15.0.